The van der Waals surface area contributed by atoms with E-state index in [-0.39, 0.29) is 0 Å². The third-order valence-electron chi connectivity index (χ3n) is 3.59. The van der Waals surface area contributed by atoms with Gasteiger partial charge >= 0.3 is 0 Å². The summed E-state index contributed by atoms with van der Waals surface area (Å²) in [5.41, 5.74) is 0. The van der Waals surface area contributed by atoms with Crippen molar-refractivity contribution < 1.29 is 0 Å². The number of likely N-dealkylation sites (N-methyl/N-ethyl adjacent to an activating group) is 1. The van der Waals surface area contributed by atoms with Gasteiger partial charge in [0.2, 0.25) is 0 Å². The zero-order valence-electron chi connectivity index (χ0n) is 10.8. The fraction of sp³-hybridized carbons (Fsp3) is 0.923. The molecule has 0 aliphatic carbocycles. The molecule has 0 spiro atoms. The second-order valence-corrected chi connectivity index (χ2v) is 4.58. The van der Waals surface area contributed by atoms with Gasteiger partial charge in [0.25, 0.3) is 0 Å². The van der Waals surface area contributed by atoms with Crippen LogP contribution in [0.5, 0.6) is 0 Å². The fourth-order valence-electron chi connectivity index (χ4n) is 2.59. The lowest BCUT2D eigenvalue weighted by molar-refractivity contribution is 0.210. The maximum absolute atomic E-state index is 8.47. The van der Waals surface area contributed by atoms with Gasteiger partial charge < -0.3 is 4.90 Å². The van der Waals surface area contributed by atoms with Gasteiger partial charge in [-0.3, -0.25) is 4.90 Å². The fourth-order valence-corrected chi connectivity index (χ4v) is 2.59. The average molecular weight is 223 g/mol. The number of nitrogens with zero attached hydrogens (tertiary/aromatic N) is 3. The molecule has 0 aromatic rings. The van der Waals surface area contributed by atoms with Crippen LogP contribution in [0.15, 0.2) is 0 Å². The van der Waals surface area contributed by atoms with Crippen LogP contribution in [0.2, 0.25) is 0 Å². The van der Waals surface area contributed by atoms with Gasteiger partial charge in [0.05, 0.1) is 6.07 Å². The average Bonchev–Trinajstić information content (AvgIpc) is 2.75. The smallest absolute Gasteiger partial charge is 0.0621 e. The minimum Gasteiger partial charge on any atom is -0.302 e. The van der Waals surface area contributed by atoms with Gasteiger partial charge in [-0.1, -0.05) is 13.8 Å². The Morgan fingerprint density at radius 3 is 2.69 bits per heavy atom. The summed E-state index contributed by atoms with van der Waals surface area (Å²) in [6, 6.07) is 2.98. The van der Waals surface area contributed by atoms with E-state index in [0.717, 1.165) is 12.5 Å². The quantitative estimate of drug-likeness (QED) is 0.619. The van der Waals surface area contributed by atoms with E-state index in [4.69, 9.17) is 5.26 Å². The topological polar surface area (TPSA) is 30.3 Å². The van der Waals surface area contributed by atoms with Crippen LogP contribution in [0.1, 0.15) is 39.5 Å². The molecule has 1 fully saturated rings. The number of hydrogen-bond acceptors (Lipinski definition) is 3. The maximum Gasteiger partial charge on any atom is 0.0621 e. The van der Waals surface area contributed by atoms with Crippen LogP contribution in [0.4, 0.5) is 0 Å². The van der Waals surface area contributed by atoms with Crippen molar-refractivity contribution >= 4 is 0 Å². The monoisotopic (exact) mass is 223 g/mol. The van der Waals surface area contributed by atoms with E-state index >= 15 is 0 Å². The first-order valence-electron chi connectivity index (χ1n) is 6.65. The summed E-state index contributed by atoms with van der Waals surface area (Å²) in [4.78, 5) is 5.12. The zero-order chi connectivity index (χ0) is 11.8. The van der Waals surface area contributed by atoms with Gasteiger partial charge in [0.1, 0.15) is 0 Å². The zero-order valence-corrected chi connectivity index (χ0v) is 10.8. The molecule has 1 aliphatic heterocycles. The highest BCUT2D eigenvalue weighted by Gasteiger charge is 2.25. The van der Waals surface area contributed by atoms with Crippen LogP contribution in [0.25, 0.3) is 0 Å². The van der Waals surface area contributed by atoms with Crippen molar-refractivity contribution in [2.24, 2.45) is 0 Å². The number of hydrogen-bond donors (Lipinski definition) is 0. The predicted molar refractivity (Wildman–Crippen MR) is 67.2 cm³/mol. The molecule has 16 heavy (non-hydrogen) atoms. The molecule has 3 nitrogen and oxygen atoms in total. The van der Waals surface area contributed by atoms with Gasteiger partial charge in [-0.05, 0) is 45.4 Å². The highest BCUT2D eigenvalue weighted by Crippen LogP contribution is 2.15. The molecule has 1 saturated heterocycles. The standard InChI is InChI=1S/C13H25N3/c1-3-16(4-2)13-8-11-15(12-13)10-7-5-6-9-14/h13H,3-8,10-12H2,1-2H3. The number of rotatable bonds is 7. The van der Waals surface area contributed by atoms with Crippen molar-refractivity contribution in [2.75, 3.05) is 32.7 Å². The van der Waals surface area contributed by atoms with Gasteiger partial charge in [-0.15, -0.1) is 0 Å². The number of likely N-dealkylation sites (tertiary alicyclic amines) is 1. The lowest BCUT2D eigenvalue weighted by Crippen LogP contribution is -2.37. The van der Waals surface area contributed by atoms with Gasteiger partial charge in [0, 0.05) is 19.0 Å². The van der Waals surface area contributed by atoms with Crippen molar-refractivity contribution in [3.8, 4) is 6.07 Å². The van der Waals surface area contributed by atoms with E-state index in [9.17, 15) is 0 Å². The number of unbranched alkanes of at least 4 members (excludes halogenated alkanes) is 2. The molecule has 0 bridgehead atoms. The van der Waals surface area contributed by atoms with E-state index in [0.29, 0.717) is 6.42 Å². The molecule has 3 heteroatoms. The van der Waals surface area contributed by atoms with E-state index < -0.39 is 0 Å². The first kappa shape index (κ1) is 13.5. The first-order valence-corrected chi connectivity index (χ1v) is 6.65. The number of nitriles is 1. The van der Waals surface area contributed by atoms with Crippen molar-refractivity contribution in [2.45, 2.75) is 45.6 Å². The molecule has 1 atom stereocenters. The van der Waals surface area contributed by atoms with E-state index in [1.807, 2.05) is 0 Å². The summed E-state index contributed by atoms with van der Waals surface area (Å²) >= 11 is 0. The predicted octanol–water partition coefficient (Wildman–Crippen LogP) is 2.10. The summed E-state index contributed by atoms with van der Waals surface area (Å²) in [5.74, 6) is 0. The SMILES string of the molecule is CCN(CC)C1CCN(CCCCC#N)C1. The lowest BCUT2D eigenvalue weighted by atomic mass is 10.2. The molecule has 1 aliphatic rings. The largest absolute Gasteiger partial charge is 0.302 e. The van der Waals surface area contributed by atoms with Crippen molar-refractivity contribution in [3.63, 3.8) is 0 Å². The van der Waals surface area contributed by atoms with Gasteiger partial charge in [0.15, 0.2) is 0 Å². The van der Waals surface area contributed by atoms with Crippen LogP contribution in [0.3, 0.4) is 0 Å². The second kappa shape index (κ2) is 7.65. The normalized spacial score (nSPS) is 21.5. The summed E-state index contributed by atoms with van der Waals surface area (Å²) in [7, 11) is 0. The molecule has 0 aromatic heterocycles. The molecule has 0 radical (unpaired) electrons. The summed E-state index contributed by atoms with van der Waals surface area (Å²) in [6.07, 6.45) is 4.27. The molecule has 0 amide bonds. The van der Waals surface area contributed by atoms with Crippen LogP contribution in [-0.4, -0.2) is 48.6 Å². The van der Waals surface area contributed by atoms with Crippen LogP contribution >= 0.6 is 0 Å². The van der Waals surface area contributed by atoms with Crippen molar-refractivity contribution in [1.29, 1.82) is 5.26 Å². The Morgan fingerprint density at radius 2 is 2.06 bits per heavy atom. The van der Waals surface area contributed by atoms with Crippen molar-refractivity contribution in [1.82, 2.24) is 9.80 Å². The van der Waals surface area contributed by atoms with Crippen LogP contribution in [0, 0.1) is 11.3 Å². The molecule has 1 heterocycles. The first-order chi connectivity index (χ1) is 7.81. The molecule has 1 rings (SSSR count). The Bertz CT molecular complexity index is 218. The molecular weight excluding hydrogens is 198 g/mol. The molecular formula is C13H25N3. The summed E-state index contributed by atoms with van der Waals surface area (Å²) < 4.78 is 0. The molecule has 0 N–H and O–H groups in total. The summed E-state index contributed by atoms with van der Waals surface area (Å²) in [5, 5.41) is 8.47. The van der Waals surface area contributed by atoms with Gasteiger partial charge in [-0.25, -0.2) is 0 Å². The van der Waals surface area contributed by atoms with E-state index in [2.05, 4.69) is 29.7 Å². The highest BCUT2D eigenvalue weighted by atomic mass is 15.2. The third kappa shape index (κ3) is 4.11. The third-order valence-corrected chi connectivity index (χ3v) is 3.59. The van der Waals surface area contributed by atoms with E-state index in [1.54, 1.807) is 0 Å². The van der Waals surface area contributed by atoms with Crippen LogP contribution in [-0.2, 0) is 0 Å². The Labute approximate surface area is 100 Å². The molecule has 0 aromatic carbocycles. The molecule has 92 valence electrons. The minimum absolute atomic E-state index is 0.716. The summed E-state index contributed by atoms with van der Waals surface area (Å²) in [6.45, 7) is 10.5. The molecule has 0 saturated carbocycles. The van der Waals surface area contributed by atoms with Crippen molar-refractivity contribution in [3.05, 3.63) is 0 Å². The maximum atomic E-state index is 8.47. The van der Waals surface area contributed by atoms with Crippen LogP contribution < -0.4 is 0 Å². The Hall–Kier alpha value is -0.590. The molecule has 1 unspecified atom stereocenters. The Kier molecular flexibility index (Phi) is 6.44. The van der Waals surface area contributed by atoms with Gasteiger partial charge in [-0.2, -0.15) is 5.26 Å². The van der Waals surface area contributed by atoms with E-state index in [1.165, 1.54) is 45.6 Å². The highest BCUT2D eigenvalue weighted by molar-refractivity contribution is 4.82. The minimum atomic E-state index is 0.716. The lowest BCUT2D eigenvalue weighted by Gasteiger charge is -2.26. The Balaban J connectivity index is 2.17. The Morgan fingerprint density at radius 1 is 1.31 bits per heavy atom. The second-order valence-electron chi connectivity index (χ2n) is 4.58.